The van der Waals surface area contributed by atoms with E-state index in [1.165, 1.54) is 12.8 Å². The van der Waals surface area contributed by atoms with Crippen LogP contribution in [0.1, 0.15) is 60.4 Å². The number of aliphatic carboxylic acids is 1. The van der Waals surface area contributed by atoms with E-state index in [2.05, 4.69) is 15.0 Å². The summed E-state index contributed by atoms with van der Waals surface area (Å²) in [7, 11) is 0.190. The molecule has 2 atom stereocenters. The Bertz CT molecular complexity index is 1170. The van der Waals surface area contributed by atoms with Crippen LogP contribution in [0.2, 0.25) is 0 Å². The van der Waals surface area contributed by atoms with Gasteiger partial charge < -0.3 is 14.8 Å². The number of fused-ring (bicyclic) bond motifs is 1. The third-order valence-electron chi connectivity index (χ3n) is 6.46. The zero-order valence-corrected chi connectivity index (χ0v) is 19.5. The van der Waals surface area contributed by atoms with Gasteiger partial charge in [0.25, 0.3) is 0 Å². The summed E-state index contributed by atoms with van der Waals surface area (Å²) in [6.45, 7) is 3.83. The number of aryl methyl sites for hydroxylation is 1. The second kappa shape index (κ2) is 9.40. The number of nitrogens with zero attached hydrogens (tertiary/aromatic N) is 2. The Kier molecular flexibility index (Phi) is 6.60. The molecule has 0 spiro atoms. The van der Waals surface area contributed by atoms with Crippen molar-refractivity contribution in [3.8, 4) is 5.75 Å². The zero-order valence-electron chi connectivity index (χ0n) is 18.7. The number of rotatable bonds is 8. The quantitative estimate of drug-likeness (QED) is 0.513. The van der Waals surface area contributed by atoms with Crippen LogP contribution in [0.5, 0.6) is 5.75 Å². The lowest BCUT2D eigenvalue weighted by Gasteiger charge is -2.17. The Morgan fingerprint density at radius 1 is 1.31 bits per heavy atom. The second-order valence-corrected chi connectivity index (χ2v) is 10.00. The van der Waals surface area contributed by atoms with Crippen molar-refractivity contribution < 1.29 is 18.8 Å². The Labute approximate surface area is 190 Å². The highest BCUT2D eigenvalue weighted by atomic mass is 32.2. The van der Waals surface area contributed by atoms with Crippen molar-refractivity contribution in [1.29, 1.82) is 0 Å². The van der Waals surface area contributed by atoms with Crippen molar-refractivity contribution in [2.75, 3.05) is 7.11 Å². The van der Waals surface area contributed by atoms with Crippen LogP contribution in [-0.2, 0) is 21.3 Å². The van der Waals surface area contributed by atoms with E-state index < -0.39 is 22.7 Å². The number of ether oxygens (including phenoxy) is 1. The number of hydrogen-bond donors (Lipinski definition) is 2. The van der Waals surface area contributed by atoms with E-state index in [-0.39, 0.29) is 5.75 Å². The van der Waals surface area contributed by atoms with Crippen LogP contribution in [-0.4, -0.2) is 37.3 Å². The van der Waals surface area contributed by atoms with E-state index in [0.29, 0.717) is 34.2 Å². The molecule has 7 nitrogen and oxygen atoms in total. The van der Waals surface area contributed by atoms with Gasteiger partial charge in [-0.3, -0.25) is 14.0 Å². The number of nitrogens with one attached hydrogen (secondary N) is 1. The minimum Gasteiger partial charge on any atom is -0.496 e. The lowest BCUT2D eigenvalue weighted by Crippen LogP contribution is -2.15. The maximum atomic E-state index is 13.0. The maximum absolute atomic E-state index is 13.0. The Morgan fingerprint density at radius 3 is 2.75 bits per heavy atom. The molecule has 1 saturated carbocycles. The minimum absolute atomic E-state index is 0.217. The SMILES string of the molecule is COc1c(C)cnc(CS(=O)c2nc3ccc(C(CC4CCCC4)C(=O)O)cc3[nH]2)c1C. The van der Waals surface area contributed by atoms with Gasteiger partial charge in [0.1, 0.15) is 5.75 Å². The molecule has 0 saturated heterocycles. The first kappa shape index (κ1) is 22.5. The summed E-state index contributed by atoms with van der Waals surface area (Å²) in [6, 6.07) is 5.49. The van der Waals surface area contributed by atoms with Gasteiger partial charge in [0.05, 0.1) is 46.3 Å². The highest BCUT2D eigenvalue weighted by Crippen LogP contribution is 2.35. The summed E-state index contributed by atoms with van der Waals surface area (Å²) >= 11 is 0. The third kappa shape index (κ3) is 4.55. The molecule has 2 unspecified atom stereocenters. The number of carbonyl (C=O) groups is 1. The topological polar surface area (TPSA) is 105 Å². The Morgan fingerprint density at radius 2 is 2.06 bits per heavy atom. The lowest BCUT2D eigenvalue weighted by molar-refractivity contribution is -0.139. The Balaban J connectivity index is 1.57. The average molecular weight is 456 g/mol. The van der Waals surface area contributed by atoms with E-state index in [4.69, 9.17) is 4.74 Å². The van der Waals surface area contributed by atoms with Crippen LogP contribution in [0.3, 0.4) is 0 Å². The van der Waals surface area contributed by atoms with Gasteiger partial charge in [0.2, 0.25) is 0 Å². The van der Waals surface area contributed by atoms with Gasteiger partial charge in [-0.15, -0.1) is 0 Å². The molecular weight excluding hydrogens is 426 g/mol. The number of pyridine rings is 1. The normalized spacial score (nSPS) is 16.3. The minimum atomic E-state index is -1.43. The number of imidazole rings is 1. The summed E-state index contributed by atoms with van der Waals surface area (Å²) in [5.74, 6) is 0.109. The van der Waals surface area contributed by atoms with Crippen LogP contribution in [0, 0.1) is 19.8 Å². The molecule has 3 aromatic rings. The number of H-pyrrole nitrogens is 1. The van der Waals surface area contributed by atoms with Crippen LogP contribution in [0.4, 0.5) is 0 Å². The molecular formula is C24H29N3O4S. The van der Waals surface area contributed by atoms with Crippen molar-refractivity contribution in [2.24, 2.45) is 5.92 Å². The van der Waals surface area contributed by atoms with E-state index in [1.807, 2.05) is 32.0 Å². The summed E-state index contributed by atoms with van der Waals surface area (Å²) in [5.41, 5.74) is 4.65. The number of benzene rings is 1. The number of carboxylic acids is 1. The van der Waals surface area contributed by atoms with Gasteiger partial charge in [0, 0.05) is 17.3 Å². The van der Waals surface area contributed by atoms with E-state index in [0.717, 1.165) is 35.3 Å². The average Bonchev–Trinajstić information content (AvgIpc) is 3.43. The summed E-state index contributed by atoms with van der Waals surface area (Å²) in [5, 5.41) is 10.2. The zero-order chi connectivity index (χ0) is 22.8. The highest BCUT2D eigenvalue weighted by Gasteiger charge is 2.27. The molecule has 32 heavy (non-hydrogen) atoms. The van der Waals surface area contributed by atoms with Crippen molar-refractivity contribution in [1.82, 2.24) is 15.0 Å². The fraction of sp³-hybridized carbons (Fsp3) is 0.458. The molecule has 0 radical (unpaired) electrons. The van der Waals surface area contributed by atoms with Crippen LogP contribution in [0.25, 0.3) is 11.0 Å². The first-order valence-electron chi connectivity index (χ1n) is 11.0. The molecule has 1 fully saturated rings. The van der Waals surface area contributed by atoms with Crippen molar-refractivity contribution in [3.05, 3.63) is 46.8 Å². The monoisotopic (exact) mass is 455 g/mol. The number of methoxy groups -OCH3 is 1. The van der Waals surface area contributed by atoms with E-state index in [9.17, 15) is 14.1 Å². The number of aromatic nitrogens is 3. The van der Waals surface area contributed by atoms with Gasteiger partial charge in [-0.05, 0) is 43.9 Å². The molecule has 2 heterocycles. The molecule has 2 aromatic heterocycles. The summed E-state index contributed by atoms with van der Waals surface area (Å²) in [6.07, 6.45) is 6.97. The maximum Gasteiger partial charge on any atom is 0.310 e. The smallest absolute Gasteiger partial charge is 0.310 e. The van der Waals surface area contributed by atoms with Gasteiger partial charge >= 0.3 is 5.97 Å². The standard InChI is InChI=1S/C24H29N3O4S/c1-14-12-25-21(15(2)22(14)31-3)13-32(30)24-26-19-9-8-17(11-20(19)27-24)18(23(28)29)10-16-6-4-5-7-16/h8-9,11-12,16,18H,4-7,10,13H2,1-3H3,(H,26,27)(H,28,29). The summed E-state index contributed by atoms with van der Waals surface area (Å²) < 4.78 is 18.5. The second-order valence-electron chi connectivity index (χ2n) is 8.63. The molecule has 0 amide bonds. The molecule has 1 aliphatic rings. The van der Waals surface area contributed by atoms with Crippen molar-refractivity contribution in [2.45, 2.75) is 62.8 Å². The number of hydrogen-bond acceptors (Lipinski definition) is 5. The largest absolute Gasteiger partial charge is 0.496 e. The van der Waals surface area contributed by atoms with Crippen molar-refractivity contribution in [3.63, 3.8) is 0 Å². The van der Waals surface area contributed by atoms with E-state index in [1.54, 1.807) is 13.3 Å². The van der Waals surface area contributed by atoms with Gasteiger partial charge in [-0.1, -0.05) is 31.7 Å². The number of aromatic amines is 1. The molecule has 0 aliphatic heterocycles. The van der Waals surface area contributed by atoms with Crippen LogP contribution < -0.4 is 4.74 Å². The molecule has 170 valence electrons. The lowest BCUT2D eigenvalue weighted by atomic mass is 9.88. The predicted octanol–water partition coefficient (Wildman–Crippen LogP) is 4.64. The molecule has 2 N–H and O–H groups in total. The van der Waals surface area contributed by atoms with Crippen molar-refractivity contribution >= 4 is 27.8 Å². The molecule has 1 aliphatic carbocycles. The molecule has 0 bridgehead atoms. The fourth-order valence-electron chi connectivity index (χ4n) is 4.70. The van der Waals surface area contributed by atoms with Crippen LogP contribution in [0.15, 0.2) is 29.6 Å². The summed E-state index contributed by atoms with van der Waals surface area (Å²) in [4.78, 5) is 24.0. The first-order valence-corrected chi connectivity index (χ1v) is 12.3. The first-order chi connectivity index (χ1) is 15.4. The van der Waals surface area contributed by atoms with Gasteiger partial charge in [-0.2, -0.15) is 0 Å². The number of carboxylic acid groups (broad SMARTS) is 1. The molecule has 1 aromatic carbocycles. The van der Waals surface area contributed by atoms with Gasteiger partial charge in [0.15, 0.2) is 5.16 Å². The van der Waals surface area contributed by atoms with E-state index >= 15 is 0 Å². The predicted molar refractivity (Wildman–Crippen MR) is 123 cm³/mol. The fourth-order valence-corrected chi connectivity index (χ4v) is 5.80. The highest BCUT2D eigenvalue weighted by molar-refractivity contribution is 7.84. The Hall–Kier alpha value is -2.74. The van der Waals surface area contributed by atoms with Crippen LogP contribution >= 0.6 is 0 Å². The molecule has 4 rings (SSSR count). The van der Waals surface area contributed by atoms with Gasteiger partial charge in [-0.25, -0.2) is 4.98 Å². The molecule has 8 heteroatoms. The third-order valence-corrected chi connectivity index (χ3v) is 7.62.